The van der Waals surface area contributed by atoms with Crippen LogP contribution in [-0.4, -0.2) is 56.4 Å². The summed E-state index contributed by atoms with van der Waals surface area (Å²) in [7, 11) is -3.38. The summed E-state index contributed by atoms with van der Waals surface area (Å²) >= 11 is 0. The zero-order valence-electron chi connectivity index (χ0n) is 13.1. The zero-order chi connectivity index (χ0) is 15.6. The van der Waals surface area contributed by atoms with E-state index in [1.807, 2.05) is 18.2 Å². The maximum absolute atomic E-state index is 12.9. The van der Waals surface area contributed by atoms with Crippen LogP contribution in [-0.2, 0) is 20.4 Å². The first kappa shape index (κ1) is 15.9. The van der Waals surface area contributed by atoms with Crippen molar-refractivity contribution in [1.29, 1.82) is 0 Å². The lowest BCUT2D eigenvalue weighted by atomic mass is 9.77. The van der Waals surface area contributed by atoms with Crippen molar-refractivity contribution in [2.45, 2.75) is 25.2 Å². The first-order valence-electron chi connectivity index (χ1n) is 7.91. The highest BCUT2D eigenvalue weighted by atomic mass is 32.2. The lowest BCUT2D eigenvalue weighted by Gasteiger charge is -2.42. The number of morpholine rings is 1. The third kappa shape index (κ3) is 3.06. The van der Waals surface area contributed by atoms with Gasteiger partial charge in [-0.1, -0.05) is 37.3 Å². The Morgan fingerprint density at radius 1 is 1.05 bits per heavy atom. The molecule has 0 unspecified atom stereocenters. The minimum Gasteiger partial charge on any atom is -0.379 e. The average Bonchev–Trinajstić information content (AvgIpc) is 2.56. The van der Waals surface area contributed by atoms with Crippen LogP contribution in [0.3, 0.4) is 0 Å². The van der Waals surface area contributed by atoms with E-state index in [2.05, 4.69) is 19.1 Å². The van der Waals surface area contributed by atoms with Gasteiger partial charge in [0.05, 0.1) is 13.2 Å². The second-order valence-corrected chi connectivity index (χ2v) is 8.31. The Hall–Kier alpha value is -0.950. The number of nitrogens with zero attached hydrogens (tertiary/aromatic N) is 2. The maximum atomic E-state index is 12.9. The Labute approximate surface area is 133 Å². The van der Waals surface area contributed by atoms with Gasteiger partial charge < -0.3 is 4.74 Å². The minimum atomic E-state index is -3.38. The van der Waals surface area contributed by atoms with Gasteiger partial charge in [0.15, 0.2) is 0 Å². The van der Waals surface area contributed by atoms with Gasteiger partial charge in [0.25, 0.3) is 10.2 Å². The van der Waals surface area contributed by atoms with Crippen molar-refractivity contribution >= 4 is 10.2 Å². The monoisotopic (exact) mass is 324 g/mol. The molecule has 3 rings (SSSR count). The molecule has 0 spiro atoms. The van der Waals surface area contributed by atoms with Crippen molar-refractivity contribution in [3.8, 4) is 0 Å². The Morgan fingerprint density at radius 3 is 2.41 bits per heavy atom. The van der Waals surface area contributed by atoms with Gasteiger partial charge >= 0.3 is 0 Å². The molecule has 0 radical (unpaired) electrons. The highest BCUT2D eigenvalue weighted by Crippen LogP contribution is 2.35. The van der Waals surface area contributed by atoms with Crippen molar-refractivity contribution in [1.82, 2.24) is 8.61 Å². The van der Waals surface area contributed by atoms with Gasteiger partial charge in [-0.15, -0.1) is 0 Å². The standard InChI is InChI=1S/C16H24N2O3S/c1-16(15-6-3-2-4-7-15)8-5-9-18(14-16)22(19,20)17-10-12-21-13-11-17/h2-4,6-7H,5,8-14H2,1H3/t16-/m0/s1. The highest BCUT2D eigenvalue weighted by molar-refractivity contribution is 7.86. The molecule has 0 aliphatic carbocycles. The van der Waals surface area contributed by atoms with Gasteiger partial charge in [0.2, 0.25) is 0 Å². The van der Waals surface area contributed by atoms with Crippen LogP contribution in [0.5, 0.6) is 0 Å². The number of benzene rings is 1. The van der Waals surface area contributed by atoms with E-state index < -0.39 is 10.2 Å². The first-order valence-corrected chi connectivity index (χ1v) is 9.31. The van der Waals surface area contributed by atoms with Gasteiger partial charge in [-0.3, -0.25) is 0 Å². The highest BCUT2D eigenvalue weighted by Gasteiger charge is 2.40. The molecule has 6 heteroatoms. The number of rotatable bonds is 3. The van der Waals surface area contributed by atoms with E-state index in [1.54, 1.807) is 8.61 Å². The summed E-state index contributed by atoms with van der Waals surface area (Å²) in [4.78, 5) is 0. The molecule has 1 aromatic rings. The molecule has 122 valence electrons. The third-order valence-corrected chi connectivity index (χ3v) is 6.74. The predicted octanol–water partition coefficient (Wildman–Crippen LogP) is 1.62. The smallest absolute Gasteiger partial charge is 0.282 e. The average molecular weight is 324 g/mol. The molecule has 5 nitrogen and oxygen atoms in total. The zero-order valence-corrected chi connectivity index (χ0v) is 13.9. The summed E-state index contributed by atoms with van der Waals surface area (Å²) in [6.45, 7) is 5.23. The van der Waals surface area contributed by atoms with Gasteiger partial charge in [0.1, 0.15) is 0 Å². The summed E-state index contributed by atoms with van der Waals surface area (Å²) in [5, 5.41) is 0. The maximum Gasteiger partial charge on any atom is 0.282 e. The quantitative estimate of drug-likeness (QED) is 0.849. The molecule has 0 N–H and O–H groups in total. The van der Waals surface area contributed by atoms with Crippen LogP contribution in [0.25, 0.3) is 0 Å². The third-order valence-electron chi connectivity index (χ3n) is 4.75. The summed E-state index contributed by atoms with van der Waals surface area (Å²) in [6.07, 6.45) is 1.92. The molecule has 22 heavy (non-hydrogen) atoms. The van der Waals surface area contributed by atoms with E-state index in [4.69, 9.17) is 4.74 Å². The molecule has 0 bridgehead atoms. The van der Waals surface area contributed by atoms with E-state index in [0.29, 0.717) is 39.4 Å². The van der Waals surface area contributed by atoms with Crippen molar-refractivity contribution in [2.24, 2.45) is 0 Å². The van der Waals surface area contributed by atoms with Crippen molar-refractivity contribution in [3.63, 3.8) is 0 Å². The van der Waals surface area contributed by atoms with Crippen molar-refractivity contribution < 1.29 is 13.2 Å². The van der Waals surface area contributed by atoms with Crippen LogP contribution in [0.15, 0.2) is 30.3 Å². The van der Waals surface area contributed by atoms with E-state index in [0.717, 1.165) is 12.8 Å². The fourth-order valence-corrected chi connectivity index (χ4v) is 5.15. The predicted molar refractivity (Wildman–Crippen MR) is 85.9 cm³/mol. The Kier molecular flexibility index (Phi) is 4.54. The topological polar surface area (TPSA) is 49.9 Å². The number of piperidine rings is 1. The molecule has 2 fully saturated rings. The lowest BCUT2D eigenvalue weighted by molar-refractivity contribution is 0.0688. The molecule has 1 aromatic carbocycles. The molecule has 2 saturated heterocycles. The van der Waals surface area contributed by atoms with E-state index in [-0.39, 0.29) is 5.41 Å². The fourth-order valence-electron chi connectivity index (χ4n) is 3.41. The number of hydrogen-bond donors (Lipinski definition) is 0. The Balaban J connectivity index is 1.80. The van der Waals surface area contributed by atoms with Crippen LogP contribution in [0.4, 0.5) is 0 Å². The molecule has 2 heterocycles. The number of ether oxygens (including phenoxy) is 1. The molecule has 1 atom stereocenters. The van der Waals surface area contributed by atoms with Gasteiger partial charge in [-0.05, 0) is 18.4 Å². The lowest BCUT2D eigenvalue weighted by Crippen LogP contribution is -2.54. The van der Waals surface area contributed by atoms with Crippen LogP contribution < -0.4 is 0 Å². The second kappa shape index (κ2) is 6.28. The van der Waals surface area contributed by atoms with Crippen LogP contribution in [0.2, 0.25) is 0 Å². The van der Waals surface area contributed by atoms with Crippen molar-refractivity contribution in [3.05, 3.63) is 35.9 Å². The Morgan fingerprint density at radius 2 is 1.73 bits per heavy atom. The van der Waals surface area contributed by atoms with Crippen molar-refractivity contribution in [2.75, 3.05) is 39.4 Å². The van der Waals surface area contributed by atoms with Crippen LogP contribution >= 0.6 is 0 Å². The molecular weight excluding hydrogens is 300 g/mol. The largest absolute Gasteiger partial charge is 0.379 e. The van der Waals surface area contributed by atoms with Gasteiger partial charge in [-0.25, -0.2) is 0 Å². The normalized spacial score (nSPS) is 28.6. The summed E-state index contributed by atoms with van der Waals surface area (Å²) in [5.41, 5.74) is 1.11. The summed E-state index contributed by atoms with van der Waals surface area (Å²) in [5.74, 6) is 0. The van der Waals surface area contributed by atoms with E-state index >= 15 is 0 Å². The Bertz CT molecular complexity index is 599. The van der Waals surface area contributed by atoms with Gasteiger partial charge in [0, 0.05) is 31.6 Å². The van der Waals surface area contributed by atoms with Gasteiger partial charge in [-0.2, -0.15) is 17.0 Å². The number of hydrogen-bond acceptors (Lipinski definition) is 3. The van der Waals surface area contributed by atoms with Crippen LogP contribution in [0.1, 0.15) is 25.3 Å². The summed E-state index contributed by atoms with van der Waals surface area (Å²) < 4.78 is 34.2. The molecule has 2 aliphatic heterocycles. The molecular formula is C16H24N2O3S. The first-order chi connectivity index (χ1) is 10.5. The molecule has 0 aromatic heterocycles. The second-order valence-electron chi connectivity index (χ2n) is 6.38. The van der Waals surface area contributed by atoms with E-state index in [9.17, 15) is 8.42 Å². The van der Waals surface area contributed by atoms with E-state index in [1.165, 1.54) is 5.56 Å². The fraction of sp³-hybridized carbons (Fsp3) is 0.625. The summed E-state index contributed by atoms with van der Waals surface area (Å²) in [6, 6.07) is 10.2. The van der Waals surface area contributed by atoms with Crippen LogP contribution in [0, 0.1) is 0 Å². The SMILES string of the molecule is C[C@]1(c2ccccc2)CCCN(S(=O)(=O)N2CCOCC2)C1. The molecule has 0 amide bonds. The molecule has 2 aliphatic rings. The molecule has 0 saturated carbocycles. The minimum absolute atomic E-state index is 0.112.